The zero-order chi connectivity index (χ0) is 30.1. The van der Waals surface area contributed by atoms with E-state index in [1.54, 1.807) is 51.1 Å². The van der Waals surface area contributed by atoms with Gasteiger partial charge in [-0.2, -0.15) is 0 Å². The Labute approximate surface area is 248 Å². The van der Waals surface area contributed by atoms with Gasteiger partial charge in [-0.05, 0) is 69.7 Å². The third-order valence-corrected chi connectivity index (χ3v) is 7.63. The molecular formula is C30H26ClN3O7S. The predicted octanol–water partition coefficient (Wildman–Crippen LogP) is 5.41. The first-order valence-electron chi connectivity index (χ1n) is 13.1. The molecule has 1 aliphatic rings. The van der Waals surface area contributed by atoms with Gasteiger partial charge in [0.1, 0.15) is 17.3 Å². The van der Waals surface area contributed by atoms with Crippen molar-refractivity contribution in [3.8, 4) is 17.1 Å². The number of fused-ring (bicyclic) bond motifs is 1. The Morgan fingerprint density at radius 2 is 1.95 bits per heavy atom. The number of nitro groups is 1. The number of benzene rings is 2. The fourth-order valence-corrected chi connectivity index (χ4v) is 5.85. The lowest BCUT2D eigenvalue weighted by Crippen LogP contribution is -2.40. The highest BCUT2D eigenvalue weighted by Crippen LogP contribution is 2.34. The van der Waals surface area contributed by atoms with Crippen LogP contribution in [0.25, 0.3) is 17.4 Å². The van der Waals surface area contributed by atoms with Crippen molar-refractivity contribution in [1.82, 2.24) is 4.57 Å². The first-order valence-corrected chi connectivity index (χ1v) is 14.3. The van der Waals surface area contributed by atoms with Crippen LogP contribution in [0.1, 0.15) is 45.1 Å². The highest BCUT2D eigenvalue weighted by molar-refractivity contribution is 7.07. The summed E-state index contributed by atoms with van der Waals surface area (Å²) in [6, 6.07) is 13.9. The summed E-state index contributed by atoms with van der Waals surface area (Å²) in [6.07, 6.45) is 1.18. The van der Waals surface area contributed by atoms with Crippen molar-refractivity contribution in [2.75, 3.05) is 6.61 Å². The number of ether oxygens (including phenoxy) is 2. The number of hydrogen-bond acceptors (Lipinski definition) is 9. The molecule has 0 saturated carbocycles. The molecule has 0 amide bonds. The summed E-state index contributed by atoms with van der Waals surface area (Å²) in [5.74, 6) is 0.668. The summed E-state index contributed by atoms with van der Waals surface area (Å²) >= 11 is 7.09. The Kier molecular flexibility index (Phi) is 8.15. The number of halogens is 1. The van der Waals surface area contributed by atoms with Gasteiger partial charge in [0.2, 0.25) is 0 Å². The van der Waals surface area contributed by atoms with Crippen LogP contribution in [-0.4, -0.2) is 28.2 Å². The SMILES string of the molecule is CCOc1ccc([C@H]2C(C(=O)OC(C)C)=C(C)N=c3s/c(=C/c4ccc(-c5ccc(Cl)cc5[N+](=O)[O-])o4)c(=O)n32)cc1. The molecule has 0 aliphatic carbocycles. The van der Waals surface area contributed by atoms with Gasteiger partial charge in [0.05, 0.1) is 45.0 Å². The van der Waals surface area contributed by atoms with Crippen LogP contribution in [0.3, 0.4) is 0 Å². The Morgan fingerprint density at radius 3 is 2.62 bits per heavy atom. The molecule has 5 rings (SSSR count). The standard InChI is InChI=1S/C30H26ClN3O7S/c1-5-39-20-9-6-18(7-10-20)27-26(29(36)40-16(2)3)17(4)32-30-33(27)28(35)25(42-30)15-21-11-13-24(41-21)22-12-8-19(31)14-23(22)34(37)38/h6-16,27H,5H2,1-4H3/b25-15+/t27-/m0/s1. The van der Waals surface area contributed by atoms with E-state index in [1.807, 2.05) is 19.1 Å². The van der Waals surface area contributed by atoms with E-state index in [1.165, 1.54) is 22.8 Å². The topological polar surface area (TPSA) is 126 Å². The molecule has 0 radical (unpaired) electrons. The Morgan fingerprint density at radius 1 is 1.21 bits per heavy atom. The van der Waals surface area contributed by atoms with Gasteiger partial charge in [-0.3, -0.25) is 19.5 Å². The highest BCUT2D eigenvalue weighted by Gasteiger charge is 2.34. The van der Waals surface area contributed by atoms with Gasteiger partial charge in [0, 0.05) is 17.2 Å². The Bertz CT molecular complexity index is 1900. The second-order valence-electron chi connectivity index (χ2n) is 9.66. The van der Waals surface area contributed by atoms with Gasteiger partial charge >= 0.3 is 5.97 Å². The number of nitro benzene ring substituents is 1. The van der Waals surface area contributed by atoms with Gasteiger partial charge in [-0.1, -0.05) is 35.1 Å². The molecule has 1 atom stereocenters. The lowest BCUT2D eigenvalue weighted by Gasteiger charge is -2.25. The average molecular weight is 608 g/mol. The van der Waals surface area contributed by atoms with Gasteiger partial charge < -0.3 is 13.9 Å². The maximum absolute atomic E-state index is 13.9. The predicted molar refractivity (Wildman–Crippen MR) is 158 cm³/mol. The van der Waals surface area contributed by atoms with Crippen LogP contribution in [0.5, 0.6) is 5.75 Å². The van der Waals surface area contributed by atoms with Crippen LogP contribution >= 0.6 is 22.9 Å². The number of carbonyl (C=O) groups is 1. The number of thiazole rings is 1. The van der Waals surface area contributed by atoms with E-state index in [0.29, 0.717) is 38.7 Å². The molecule has 3 heterocycles. The van der Waals surface area contributed by atoms with Gasteiger partial charge in [0.25, 0.3) is 11.2 Å². The molecule has 2 aromatic carbocycles. The number of nitrogens with zero attached hydrogens (tertiary/aromatic N) is 3. The normalized spacial score (nSPS) is 15.0. The molecule has 10 nitrogen and oxygen atoms in total. The van der Waals surface area contributed by atoms with Crippen LogP contribution in [0.4, 0.5) is 5.69 Å². The molecule has 0 unspecified atom stereocenters. The van der Waals surface area contributed by atoms with Crippen molar-refractivity contribution in [1.29, 1.82) is 0 Å². The van der Waals surface area contributed by atoms with Crippen molar-refractivity contribution in [2.45, 2.75) is 39.8 Å². The quantitative estimate of drug-likeness (QED) is 0.149. The smallest absolute Gasteiger partial charge is 0.338 e. The molecule has 0 spiro atoms. The van der Waals surface area contributed by atoms with E-state index in [0.717, 1.165) is 11.3 Å². The molecule has 12 heteroatoms. The Balaban J connectivity index is 1.62. The minimum atomic E-state index is -0.783. The summed E-state index contributed by atoms with van der Waals surface area (Å²) in [5, 5.41) is 11.8. The number of rotatable bonds is 8. The molecule has 0 fully saturated rings. The summed E-state index contributed by atoms with van der Waals surface area (Å²) in [6.45, 7) is 7.61. The van der Waals surface area contributed by atoms with Crippen LogP contribution in [-0.2, 0) is 9.53 Å². The first-order chi connectivity index (χ1) is 20.1. The summed E-state index contributed by atoms with van der Waals surface area (Å²) in [5.41, 5.74) is 1.08. The number of allylic oxidation sites excluding steroid dienone is 1. The maximum Gasteiger partial charge on any atom is 0.338 e. The molecule has 0 N–H and O–H groups in total. The third-order valence-electron chi connectivity index (χ3n) is 6.41. The molecule has 216 valence electrons. The van der Waals surface area contributed by atoms with Crippen LogP contribution in [0.2, 0.25) is 5.02 Å². The number of aromatic nitrogens is 1. The second kappa shape index (κ2) is 11.8. The van der Waals surface area contributed by atoms with Crippen molar-refractivity contribution in [2.24, 2.45) is 4.99 Å². The number of esters is 1. The molecule has 2 aromatic heterocycles. The maximum atomic E-state index is 13.9. The van der Waals surface area contributed by atoms with E-state index in [-0.39, 0.29) is 39.3 Å². The fraction of sp³-hybridized carbons (Fsp3) is 0.233. The Hall–Kier alpha value is -4.48. The molecule has 0 bridgehead atoms. The number of carbonyl (C=O) groups excluding carboxylic acids is 1. The second-order valence-corrected chi connectivity index (χ2v) is 11.1. The largest absolute Gasteiger partial charge is 0.494 e. The fourth-order valence-electron chi connectivity index (χ4n) is 4.66. The van der Waals surface area contributed by atoms with Crippen molar-refractivity contribution in [3.05, 3.63) is 112 Å². The zero-order valence-electron chi connectivity index (χ0n) is 23.1. The number of hydrogen-bond donors (Lipinski definition) is 0. The molecule has 1 aliphatic heterocycles. The van der Waals surface area contributed by atoms with E-state index < -0.39 is 16.9 Å². The van der Waals surface area contributed by atoms with E-state index in [2.05, 4.69) is 4.99 Å². The van der Waals surface area contributed by atoms with Crippen LogP contribution in [0, 0.1) is 10.1 Å². The van der Waals surface area contributed by atoms with Gasteiger partial charge in [-0.15, -0.1) is 0 Å². The molecular weight excluding hydrogens is 582 g/mol. The zero-order valence-corrected chi connectivity index (χ0v) is 24.7. The van der Waals surface area contributed by atoms with Gasteiger partial charge in [-0.25, -0.2) is 9.79 Å². The minimum Gasteiger partial charge on any atom is -0.494 e. The first kappa shape index (κ1) is 29.0. The third kappa shape index (κ3) is 5.65. The van der Waals surface area contributed by atoms with E-state index in [9.17, 15) is 19.7 Å². The molecule has 42 heavy (non-hydrogen) atoms. The molecule has 4 aromatic rings. The van der Waals surface area contributed by atoms with Gasteiger partial charge in [0.15, 0.2) is 4.80 Å². The average Bonchev–Trinajstić information content (AvgIpc) is 3.52. The lowest BCUT2D eigenvalue weighted by atomic mass is 9.96. The molecule has 0 saturated heterocycles. The van der Waals surface area contributed by atoms with Crippen LogP contribution in [0.15, 0.2) is 80.1 Å². The van der Waals surface area contributed by atoms with E-state index >= 15 is 0 Å². The van der Waals surface area contributed by atoms with E-state index in [4.69, 9.17) is 25.5 Å². The highest BCUT2D eigenvalue weighted by atomic mass is 35.5. The monoisotopic (exact) mass is 607 g/mol. The summed E-state index contributed by atoms with van der Waals surface area (Å²) in [4.78, 5) is 43.2. The lowest BCUT2D eigenvalue weighted by molar-refractivity contribution is -0.384. The van der Waals surface area contributed by atoms with Crippen molar-refractivity contribution in [3.63, 3.8) is 0 Å². The summed E-state index contributed by atoms with van der Waals surface area (Å²) in [7, 11) is 0. The summed E-state index contributed by atoms with van der Waals surface area (Å²) < 4.78 is 18.8. The number of furan rings is 1. The van der Waals surface area contributed by atoms with Crippen molar-refractivity contribution < 1.29 is 23.6 Å². The minimum absolute atomic E-state index is 0.200. The van der Waals surface area contributed by atoms with Crippen LogP contribution < -0.4 is 19.6 Å². The van der Waals surface area contributed by atoms with Crippen molar-refractivity contribution >= 4 is 40.7 Å².